The first kappa shape index (κ1) is 24.6. The zero-order valence-corrected chi connectivity index (χ0v) is 18.5. The second-order valence-corrected chi connectivity index (χ2v) is 9.19. The number of likely N-dealkylation sites (tertiary alicyclic amines) is 1. The highest BCUT2D eigenvalue weighted by atomic mass is 19.4. The van der Waals surface area contributed by atoms with Gasteiger partial charge in [-0.05, 0) is 55.5 Å². The van der Waals surface area contributed by atoms with Crippen molar-refractivity contribution in [3.05, 3.63) is 70.8 Å². The van der Waals surface area contributed by atoms with Gasteiger partial charge in [0.2, 0.25) is 5.91 Å². The third-order valence-corrected chi connectivity index (χ3v) is 6.88. The number of carbonyl (C=O) groups is 1. The van der Waals surface area contributed by atoms with Crippen molar-refractivity contribution < 1.29 is 35.9 Å². The molecule has 1 aliphatic heterocycles. The van der Waals surface area contributed by atoms with Crippen molar-refractivity contribution in [2.75, 3.05) is 13.2 Å². The van der Waals surface area contributed by atoms with Gasteiger partial charge in [-0.3, -0.25) is 4.79 Å². The standard InChI is InChI=1S/C25H25F6NO2/c1-16(17-10-19(24(26,27)28)12-20(11-17)25(29,30)31)34-15-23(18-6-3-2-4-7-18)13-21(14-23)32-9-5-8-22(32)33/h2-4,6-7,10-12,16,21H,5,8-9,13-15H2,1H3/t16-,21-,23+/m1/s1. The number of amides is 1. The molecular formula is C25H25F6NO2. The van der Waals surface area contributed by atoms with Crippen LogP contribution in [-0.2, 0) is 27.3 Å². The molecule has 0 spiro atoms. The summed E-state index contributed by atoms with van der Waals surface area (Å²) < 4.78 is 85.4. The van der Waals surface area contributed by atoms with Gasteiger partial charge in [0.25, 0.3) is 0 Å². The molecular weight excluding hydrogens is 460 g/mol. The molecule has 184 valence electrons. The van der Waals surface area contributed by atoms with Crippen molar-refractivity contribution in [1.82, 2.24) is 4.90 Å². The Hall–Kier alpha value is -2.55. The maximum Gasteiger partial charge on any atom is 0.416 e. The second kappa shape index (κ2) is 8.91. The van der Waals surface area contributed by atoms with E-state index in [2.05, 4.69) is 0 Å². The third kappa shape index (κ3) is 4.94. The van der Waals surface area contributed by atoms with E-state index < -0.39 is 35.0 Å². The number of hydrogen-bond donors (Lipinski definition) is 0. The highest BCUT2D eigenvalue weighted by Gasteiger charge is 2.50. The van der Waals surface area contributed by atoms with Crippen LogP contribution in [0.15, 0.2) is 48.5 Å². The lowest BCUT2D eigenvalue weighted by Crippen LogP contribution is -2.55. The van der Waals surface area contributed by atoms with E-state index in [1.807, 2.05) is 35.2 Å². The van der Waals surface area contributed by atoms with Gasteiger partial charge in [-0.25, -0.2) is 0 Å². The highest BCUT2D eigenvalue weighted by molar-refractivity contribution is 5.78. The Morgan fingerprint density at radius 2 is 1.59 bits per heavy atom. The number of benzene rings is 2. The van der Waals surface area contributed by atoms with E-state index in [-0.39, 0.29) is 30.2 Å². The minimum atomic E-state index is -4.91. The Bertz CT molecular complexity index is 996. The topological polar surface area (TPSA) is 29.5 Å². The number of hydrogen-bond acceptors (Lipinski definition) is 2. The monoisotopic (exact) mass is 485 g/mol. The first-order valence-electron chi connectivity index (χ1n) is 11.1. The Labute approximate surface area is 193 Å². The van der Waals surface area contributed by atoms with Gasteiger partial charge < -0.3 is 9.64 Å². The normalized spacial score (nSPS) is 24.3. The molecule has 0 N–H and O–H groups in total. The Morgan fingerprint density at radius 3 is 2.09 bits per heavy atom. The molecule has 1 saturated carbocycles. The maximum atomic E-state index is 13.2. The molecule has 0 aromatic heterocycles. The molecule has 1 heterocycles. The molecule has 1 amide bonds. The molecule has 0 bridgehead atoms. The van der Waals surface area contributed by atoms with Crippen LogP contribution in [0.25, 0.3) is 0 Å². The highest BCUT2D eigenvalue weighted by Crippen LogP contribution is 2.48. The Morgan fingerprint density at radius 1 is 1.00 bits per heavy atom. The van der Waals surface area contributed by atoms with E-state index in [0.717, 1.165) is 12.0 Å². The molecule has 0 radical (unpaired) electrons. The summed E-state index contributed by atoms with van der Waals surface area (Å²) in [4.78, 5) is 14.0. The molecule has 3 nitrogen and oxygen atoms in total. The minimum absolute atomic E-state index is 0.0551. The van der Waals surface area contributed by atoms with Crippen molar-refractivity contribution in [3.63, 3.8) is 0 Å². The van der Waals surface area contributed by atoms with Crippen LogP contribution >= 0.6 is 0 Å². The summed E-state index contributed by atoms with van der Waals surface area (Å²) in [6.45, 7) is 2.28. The average Bonchev–Trinajstić information content (AvgIpc) is 3.17. The van der Waals surface area contributed by atoms with Crippen LogP contribution in [0, 0.1) is 0 Å². The number of nitrogens with zero attached hydrogens (tertiary/aromatic N) is 1. The molecule has 4 rings (SSSR count). The number of ether oxygens (including phenoxy) is 1. The Balaban J connectivity index is 1.55. The number of carbonyl (C=O) groups excluding carboxylic acids is 1. The van der Waals surface area contributed by atoms with E-state index in [1.165, 1.54) is 6.92 Å². The van der Waals surface area contributed by atoms with Crippen LogP contribution in [-0.4, -0.2) is 30.0 Å². The van der Waals surface area contributed by atoms with Gasteiger partial charge in [0.1, 0.15) is 0 Å². The maximum absolute atomic E-state index is 13.2. The lowest BCUT2D eigenvalue weighted by Gasteiger charge is -2.51. The van der Waals surface area contributed by atoms with E-state index in [4.69, 9.17) is 4.74 Å². The van der Waals surface area contributed by atoms with Crippen LogP contribution in [0.5, 0.6) is 0 Å². The van der Waals surface area contributed by atoms with Gasteiger partial charge in [-0.2, -0.15) is 26.3 Å². The first-order valence-corrected chi connectivity index (χ1v) is 11.1. The molecule has 2 fully saturated rings. The molecule has 1 atom stereocenters. The second-order valence-electron chi connectivity index (χ2n) is 9.19. The lowest BCUT2D eigenvalue weighted by molar-refractivity contribution is -0.143. The minimum Gasteiger partial charge on any atom is -0.373 e. The summed E-state index contributed by atoms with van der Waals surface area (Å²) in [5.74, 6) is 0.115. The van der Waals surface area contributed by atoms with Gasteiger partial charge in [0.05, 0.1) is 23.8 Å². The summed E-state index contributed by atoms with van der Waals surface area (Å²) in [7, 11) is 0. The predicted molar refractivity (Wildman–Crippen MR) is 113 cm³/mol. The van der Waals surface area contributed by atoms with Gasteiger partial charge in [-0.15, -0.1) is 0 Å². The molecule has 34 heavy (non-hydrogen) atoms. The summed E-state index contributed by atoms with van der Waals surface area (Å²) in [6.07, 6.45) is -8.21. The molecule has 1 saturated heterocycles. The van der Waals surface area contributed by atoms with Crippen LogP contribution < -0.4 is 0 Å². The van der Waals surface area contributed by atoms with Gasteiger partial charge >= 0.3 is 12.4 Å². The van der Waals surface area contributed by atoms with Gasteiger partial charge in [-0.1, -0.05) is 30.3 Å². The van der Waals surface area contributed by atoms with Gasteiger partial charge in [0, 0.05) is 24.4 Å². The van der Waals surface area contributed by atoms with Crippen molar-refractivity contribution in [3.8, 4) is 0 Å². The van der Waals surface area contributed by atoms with Crippen LogP contribution in [0.1, 0.15) is 61.0 Å². The van der Waals surface area contributed by atoms with Gasteiger partial charge in [0.15, 0.2) is 0 Å². The molecule has 2 aromatic carbocycles. The number of halogens is 6. The van der Waals surface area contributed by atoms with E-state index in [9.17, 15) is 31.1 Å². The van der Waals surface area contributed by atoms with Crippen molar-refractivity contribution in [2.45, 2.75) is 62.5 Å². The fourth-order valence-corrected chi connectivity index (χ4v) is 4.94. The summed E-state index contributed by atoms with van der Waals surface area (Å²) in [5.41, 5.74) is -2.39. The summed E-state index contributed by atoms with van der Waals surface area (Å²) in [5, 5.41) is 0. The van der Waals surface area contributed by atoms with Crippen LogP contribution in [0.4, 0.5) is 26.3 Å². The average molecular weight is 485 g/mol. The molecule has 2 aromatic rings. The van der Waals surface area contributed by atoms with Crippen molar-refractivity contribution in [1.29, 1.82) is 0 Å². The van der Waals surface area contributed by atoms with E-state index in [1.54, 1.807) is 0 Å². The fourth-order valence-electron chi connectivity index (χ4n) is 4.94. The molecule has 1 aliphatic carbocycles. The summed E-state index contributed by atoms with van der Waals surface area (Å²) in [6, 6.07) is 11.1. The van der Waals surface area contributed by atoms with Crippen molar-refractivity contribution in [2.24, 2.45) is 0 Å². The lowest BCUT2D eigenvalue weighted by atomic mass is 9.61. The zero-order chi connectivity index (χ0) is 24.7. The van der Waals surface area contributed by atoms with E-state index >= 15 is 0 Å². The molecule has 2 aliphatic rings. The number of alkyl halides is 6. The fraction of sp³-hybridized carbons (Fsp3) is 0.480. The van der Waals surface area contributed by atoms with Crippen LogP contribution in [0.3, 0.4) is 0 Å². The quantitative estimate of drug-likeness (QED) is 0.436. The zero-order valence-electron chi connectivity index (χ0n) is 18.5. The Kier molecular flexibility index (Phi) is 6.44. The molecule has 0 unspecified atom stereocenters. The van der Waals surface area contributed by atoms with Crippen molar-refractivity contribution >= 4 is 5.91 Å². The number of rotatable bonds is 6. The largest absolute Gasteiger partial charge is 0.416 e. The first-order chi connectivity index (χ1) is 15.9. The predicted octanol–water partition coefficient (Wildman–Crippen LogP) is 6.52. The third-order valence-electron chi connectivity index (χ3n) is 6.88. The van der Waals surface area contributed by atoms with Crippen LogP contribution in [0.2, 0.25) is 0 Å². The smallest absolute Gasteiger partial charge is 0.373 e. The van der Waals surface area contributed by atoms with E-state index in [0.29, 0.717) is 37.9 Å². The molecule has 9 heteroatoms. The summed E-state index contributed by atoms with van der Waals surface area (Å²) >= 11 is 0. The SMILES string of the molecule is C[C@@H](OC[C@]1(c2ccccc2)C[C@@H](N2CCCC2=O)C1)c1cc(C(F)(F)F)cc(C(F)(F)F)c1.